The Labute approximate surface area is 83.3 Å². The van der Waals surface area contributed by atoms with Crippen molar-refractivity contribution in [3.05, 3.63) is 29.1 Å². The molecule has 66 valence electrons. The number of nitrogens with zero attached hydrogens (tertiary/aromatic N) is 1. The van der Waals surface area contributed by atoms with Crippen molar-refractivity contribution in [2.45, 2.75) is 0 Å². The summed E-state index contributed by atoms with van der Waals surface area (Å²) in [6.45, 7) is 0. The number of carbonyl (C=O) groups is 1. The first-order chi connectivity index (χ1) is 6.18. The number of benzene rings is 1. The van der Waals surface area contributed by atoms with Crippen LogP contribution in [-0.2, 0) is 0 Å². The van der Waals surface area contributed by atoms with Crippen LogP contribution in [0.15, 0.2) is 22.6 Å². The van der Waals surface area contributed by atoms with E-state index in [1.807, 2.05) is 0 Å². The van der Waals surface area contributed by atoms with Crippen LogP contribution >= 0.6 is 23.2 Å². The van der Waals surface area contributed by atoms with E-state index in [1.54, 1.807) is 18.2 Å². The molecule has 1 aromatic heterocycles. The monoisotopic (exact) mass is 215 g/mol. The maximum atomic E-state index is 10.7. The first-order valence-electron chi connectivity index (χ1n) is 3.43. The molecule has 0 amide bonds. The van der Waals surface area contributed by atoms with E-state index >= 15 is 0 Å². The number of aromatic nitrogens is 1. The van der Waals surface area contributed by atoms with Crippen LogP contribution < -0.4 is 0 Å². The number of oxazole rings is 1. The lowest BCUT2D eigenvalue weighted by atomic mass is 10.3. The second-order valence-corrected chi connectivity index (χ2v) is 3.13. The largest absolute Gasteiger partial charge is 0.433 e. The van der Waals surface area contributed by atoms with Crippen molar-refractivity contribution in [1.29, 1.82) is 0 Å². The average Bonchev–Trinajstić information content (AvgIpc) is 2.49. The third kappa shape index (κ3) is 1.41. The fourth-order valence-corrected chi connectivity index (χ4v) is 1.29. The van der Waals surface area contributed by atoms with E-state index in [-0.39, 0.29) is 5.89 Å². The number of hydrogen-bond donors (Lipinski definition) is 0. The van der Waals surface area contributed by atoms with Gasteiger partial charge in [0.1, 0.15) is 5.52 Å². The van der Waals surface area contributed by atoms with Gasteiger partial charge >= 0.3 is 5.24 Å². The molecule has 0 atom stereocenters. The van der Waals surface area contributed by atoms with E-state index in [2.05, 4.69) is 4.98 Å². The van der Waals surface area contributed by atoms with Gasteiger partial charge in [0.05, 0.1) is 5.02 Å². The fourth-order valence-electron chi connectivity index (χ4n) is 0.999. The van der Waals surface area contributed by atoms with Crippen molar-refractivity contribution in [3.63, 3.8) is 0 Å². The Bertz CT molecular complexity index is 478. The van der Waals surface area contributed by atoms with Crippen molar-refractivity contribution in [1.82, 2.24) is 4.98 Å². The summed E-state index contributed by atoms with van der Waals surface area (Å²) >= 11 is 11.0. The topological polar surface area (TPSA) is 43.1 Å². The Kier molecular flexibility index (Phi) is 1.98. The van der Waals surface area contributed by atoms with Crippen molar-refractivity contribution in [2.24, 2.45) is 0 Å². The molecule has 0 fully saturated rings. The first-order valence-corrected chi connectivity index (χ1v) is 4.19. The van der Waals surface area contributed by atoms with Crippen LogP contribution in [-0.4, -0.2) is 10.2 Å². The molecule has 3 nitrogen and oxygen atoms in total. The number of halogens is 2. The van der Waals surface area contributed by atoms with Crippen molar-refractivity contribution in [2.75, 3.05) is 0 Å². The summed E-state index contributed by atoms with van der Waals surface area (Å²) in [6.07, 6.45) is 0. The molecule has 1 aromatic carbocycles. The number of fused-ring (bicyclic) bond motifs is 1. The molecule has 0 aliphatic rings. The van der Waals surface area contributed by atoms with Gasteiger partial charge in [-0.25, -0.2) is 4.98 Å². The highest BCUT2D eigenvalue weighted by Crippen LogP contribution is 2.23. The minimum absolute atomic E-state index is 0.134. The van der Waals surface area contributed by atoms with Crippen molar-refractivity contribution in [3.8, 4) is 0 Å². The normalized spacial score (nSPS) is 10.6. The second kappa shape index (κ2) is 3.01. The lowest BCUT2D eigenvalue weighted by Gasteiger charge is -1.86. The summed E-state index contributed by atoms with van der Waals surface area (Å²) in [7, 11) is 0. The molecular weight excluding hydrogens is 213 g/mol. The molecule has 0 aliphatic carbocycles. The van der Waals surface area contributed by atoms with Gasteiger partial charge in [0.15, 0.2) is 5.58 Å². The van der Waals surface area contributed by atoms with Crippen LogP contribution in [0.4, 0.5) is 0 Å². The van der Waals surface area contributed by atoms with Gasteiger partial charge in [-0.1, -0.05) is 17.7 Å². The summed E-state index contributed by atoms with van der Waals surface area (Å²) in [5.41, 5.74) is 0.907. The highest BCUT2D eigenvalue weighted by molar-refractivity contribution is 6.67. The quantitative estimate of drug-likeness (QED) is 0.688. The van der Waals surface area contributed by atoms with Gasteiger partial charge in [0, 0.05) is 0 Å². The average molecular weight is 216 g/mol. The smallest absolute Gasteiger partial charge is 0.307 e. The summed E-state index contributed by atoms with van der Waals surface area (Å²) in [5, 5.41) is -0.294. The van der Waals surface area contributed by atoms with E-state index in [0.717, 1.165) is 0 Å². The molecule has 0 saturated carbocycles. The predicted molar refractivity (Wildman–Crippen MR) is 49.2 cm³/mol. The van der Waals surface area contributed by atoms with Gasteiger partial charge in [0.25, 0.3) is 5.89 Å². The highest BCUT2D eigenvalue weighted by atomic mass is 35.5. The van der Waals surface area contributed by atoms with Crippen LogP contribution in [0.2, 0.25) is 5.02 Å². The molecule has 0 bridgehead atoms. The van der Waals surface area contributed by atoms with Gasteiger partial charge in [-0.3, -0.25) is 4.79 Å². The third-order valence-corrected chi connectivity index (χ3v) is 2.00. The Morgan fingerprint density at radius 1 is 1.46 bits per heavy atom. The summed E-state index contributed by atoms with van der Waals surface area (Å²) < 4.78 is 5.03. The fraction of sp³-hybridized carbons (Fsp3) is 0. The summed E-state index contributed by atoms with van der Waals surface area (Å²) in [6, 6.07) is 5.03. The molecule has 2 rings (SSSR count). The number of rotatable bonds is 1. The van der Waals surface area contributed by atoms with Crippen LogP contribution in [0.3, 0.4) is 0 Å². The van der Waals surface area contributed by atoms with Crippen LogP contribution in [0.5, 0.6) is 0 Å². The minimum atomic E-state index is -0.729. The Morgan fingerprint density at radius 3 is 2.85 bits per heavy atom. The van der Waals surface area contributed by atoms with Gasteiger partial charge in [-0.15, -0.1) is 0 Å². The van der Waals surface area contributed by atoms with E-state index in [0.29, 0.717) is 16.1 Å². The van der Waals surface area contributed by atoms with E-state index in [4.69, 9.17) is 27.6 Å². The third-order valence-electron chi connectivity index (χ3n) is 1.54. The molecule has 0 unspecified atom stereocenters. The van der Waals surface area contributed by atoms with Gasteiger partial charge in [0.2, 0.25) is 0 Å². The van der Waals surface area contributed by atoms with E-state index in [9.17, 15) is 4.79 Å². The van der Waals surface area contributed by atoms with Gasteiger partial charge in [-0.2, -0.15) is 0 Å². The number of hydrogen-bond acceptors (Lipinski definition) is 3. The highest BCUT2D eigenvalue weighted by Gasteiger charge is 2.12. The van der Waals surface area contributed by atoms with E-state index < -0.39 is 5.24 Å². The first kappa shape index (κ1) is 8.53. The van der Waals surface area contributed by atoms with Crippen LogP contribution in [0, 0.1) is 0 Å². The Morgan fingerprint density at radius 2 is 2.23 bits per heavy atom. The van der Waals surface area contributed by atoms with Crippen molar-refractivity contribution >= 4 is 39.5 Å². The minimum Gasteiger partial charge on any atom is -0.433 e. The molecule has 0 saturated heterocycles. The zero-order chi connectivity index (χ0) is 9.42. The molecule has 0 radical (unpaired) electrons. The molecule has 1 heterocycles. The molecular formula is C8H3Cl2NO2. The zero-order valence-corrected chi connectivity index (χ0v) is 7.76. The Hall–Kier alpha value is -1.06. The molecule has 0 N–H and O–H groups in total. The number of para-hydroxylation sites is 1. The summed E-state index contributed by atoms with van der Waals surface area (Å²) in [5.74, 6) is -0.134. The van der Waals surface area contributed by atoms with Gasteiger partial charge in [-0.05, 0) is 23.7 Å². The Balaban J connectivity index is 2.75. The standard InChI is InChI=1S/C8H3Cl2NO2/c9-4-2-1-3-5-6(4)11-8(13-5)7(10)12/h1-3H. The van der Waals surface area contributed by atoms with Crippen LogP contribution in [0.25, 0.3) is 11.1 Å². The van der Waals surface area contributed by atoms with E-state index in [1.165, 1.54) is 0 Å². The molecule has 2 aromatic rings. The summed E-state index contributed by atoms with van der Waals surface area (Å²) in [4.78, 5) is 14.5. The zero-order valence-electron chi connectivity index (χ0n) is 6.25. The molecule has 0 spiro atoms. The lowest BCUT2D eigenvalue weighted by molar-refractivity contribution is 0.105. The predicted octanol–water partition coefficient (Wildman–Crippen LogP) is 2.86. The lowest BCUT2D eigenvalue weighted by Crippen LogP contribution is -1.86. The van der Waals surface area contributed by atoms with Gasteiger partial charge < -0.3 is 4.42 Å². The number of carbonyl (C=O) groups excluding carboxylic acids is 1. The SMILES string of the molecule is O=C(Cl)c1nc2c(Cl)cccc2o1. The second-order valence-electron chi connectivity index (χ2n) is 2.38. The maximum Gasteiger partial charge on any atom is 0.307 e. The molecule has 13 heavy (non-hydrogen) atoms. The van der Waals surface area contributed by atoms with Crippen LogP contribution in [0.1, 0.15) is 10.7 Å². The maximum absolute atomic E-state index is 10.7. The van der Waals surface area contributed by atoms with Crippen molar-refractivity contribution < 1.29 is 9.21 Å². The molecule has 0 aliphatic heterocycles. The molecule has 5 heteroatoms.